The SMILES string of the molecule is COCOc1cc(N2CCc3c(nc(OCC4(N5CCCCC5)CC4)nc3N3CCN[C@@H](CC#N)C3)C2)c2ccccc2c1. The molecule has 44 heavy (non-hydrogen) atoms. The van der Waals surface area contributed by atoms with Gasteiger partial charge in [0, 0.05) is 62.0 Å². The van der Waals surface area contributed by atoms with Crippen LogP contribution in [0.15, 0.2) is 36.4 Å². The number of ether oxygens (including phenoxy) is 3. The van der Waals surface area contributed by atoms with E-state index in [-0.39, 0.29) is 18.4 Å². The minimum Gasteiger partial charge on any atom is -0.467 e. The third kappa shape index (κ3) is 6.01. The average molecular weight is 598 g/mol. The summed E-state index contributed by atoms with van der Waals surface area (Å²) in [6, 6.07) is 15.6. The Morgan fingerprint density at radius 3 is 2.70 bits per heavy atom. The van der Waals surface area contributed by atoms with Crippen LogP contribution >= 0.6 is 0 Å². The highest BCUT2D eigenvalue weighted by Crippen LogP contribution is 2.43. The van der Waals surface area contributed by atoms with Gasteiger partial charge in [-0.25, -0.2) is 0 Å². The standard InChI is InChI=1S/C34H43N7O3/c1-42-24-44-27-19-25-7-3-4-8-28(25)31(20-27)39-17-10-29-30(22-39)37-33(38-32(29)40-18-14-36-26(21-40)9-13-35)43-23-34(11-12-34)41-15-5-2-6-16-41/h3-4,7-8,19-20,26,36H,2,5-6,9-12,14-18,21-24H2,1H3/t26-/m0/s1. The van der Waals surface area contributed by atoms with E-state index >= 15 is 0 Å². The lowest BCUT2D eigenvalue weighted by Gasteiger charge is -2.38. The summed E-state index contributed by atoms with van der Waals surface area (Å²) >= 11 is 0. The first kappa shape index (κ1) is 29.1. The summed E-state index contributed by atoms with van der Waals surface area (Å²) in [5.41, 5.74) is 3.47. The minimum absolute atomic E-state index is 0.124. The van der Waals surface area contributed by atoms with Gasteiger partial charge in [-0.15, -0.1) is 0 Å². The average Bonchev–Trinajstić information content (AvgIpc) is 3.87. The molecule has 1 N–H and O–H groups in total. The second kappa shape index (κ2) is 12.8. The predicted molar refractivity (Wildman–Crippen MR) is 170 cm³/mol. The van der Waals surface area contributed by atoms with Crippen molar-refractivity contribution in [3.63, 3.8) is 0 Å². The maximum atomic E-state index is 9.37. The van der Waals surface area contributed by atoms with E-state index in [0.29, 0.717) is 25.6 Å². The molecule has 0 amide bonds. The lowest BCUT2D eigenvalue weighted by atomic mass is 10.0. The molecule has 3 fully saturated rings. The molecule has 3 aromatic rings. The molecule has 2 saturated heterocycles. The number of methoxy groups -OCH3 is 1. The van der Waals surface area contributed by atoms with Crippen LogP contribution in [0.3, 0.4) is 0 Å². The summed E-state index contributed by atoms with van der Waals surface area (Å²) in [7, 11) is 1.64. The second-order valence-electron chi connectivity index (χ2n) is 12.7. The molecule has 1 aliphatic carbocycles. The number of hydrogen-bond acceptors (Lipinski definition) is 10. The number of likely N-dealkylation sites (tertiary alicyclic amines) is 1. The first-order valence-corrected chi connectivity index (χ1v) is 16.2. The van der Waals surface area contributed by atoms with E-state index in [1.165, 1.54) is 43.1 Å². The lowest BCUT2D eigenvalue weighted by Crippen LogP contribution is -2.51. The molecule has 10 heteroatoms. The first-order valence-electron chi connectivity index (χ1n) is 16.2. The van der Waals surface area contributed by atoms with Gasteiger partial charge >= 0.3 is 6.01 Å². The Morgan fingerprint density at radius 1 is 1.02 bits per heavy atom. The summed E-state index contributed by atoms with van der Waals surface area (Å²) in [6.45, 7) is 7.08. The highest BCUT2D eigenvalue weighted by atomic mass is 16.7. The van der Waals surface area contributed by atoms with E-state index in [4.69, 9.17) is 24.2 Å². The van der Waals surface area contributed by atoms with Crippen LogP contribution in [-0.2, 0) is 17.7 Å². The minimum atomic E-state index is 0.124. The summed E-state index contributed by atoms with van der Waals surface area (Å²) in [4.78, 5) is 17.6. The van der Waals surface area contributed by atoms with Crippen molar-refractivity contribution in [3.05, 3.63) is 47.7 Å². The number of rotatable bonds is 10. The van der Waals surface area contributed by atoms with Crippen LogP contribution in [0, 0.1) is 11.3 Å². The molecule has 4 heterocycles. The number of piperazine rings is 1. The van der Waals surface area contributed by atoms with Crippen molar-refractivity contribution in [1.29, 1.82) is 5.26 Å². The molecule has 0 radical (unpaired) electrons. The number of benzene rings is 2. The molecule has 0 unspecified atom stereocenters. The van der Waals surface area contributed by atoms with E-state index in [9.17, 15) is 5.26 Å². The maximum absolute atomic E-state index is 9.37. The van der Waals surface area contributed by atoms with Crippen LogP contribution in [-0.4, -0.2) is 86.2 Å². The van der Waals surface area contributed by atoms with E-state index in [0.717, 1.165) is 74.0 Å². The van der Waals surface area contributed by atoms with Crippen LogP contribution in [0.2, 0.25) is 0 Å². The fourth-order valence-electron chi connectivity index (χ4n) is 7.18. The molecule has 0 bridgehead atoms. The summed E-state index contributed by atoms with van der Waals surface area (Å²) in [5, 5.41) is 15.2. The number of piperidine rings is 1. The van der Waals surface area contributed by atoms with Crippen molar-refractivity contribution in [1.82, 2.24) is 20.2 Å². The molecular weight excluding hydrogens is 554 g/mol. The number of nitrogens with zero attached hydrogens (tertiary/aromatic N) is 6. The number of fused-ring (bicyclic) bond motifs is 2. The Labute approximate surface area is 259 Å². The largest absolute Gasteiger partial charge is 0.467 e. The predicted octanol–water partition coefficient (Wildman–Crippen LogP) is 4.26. The third-order valence-corrected chi connectivity index (χ3v) is 9.74. The van der Waals surface area contributed by atoms with Crippen LogP contribution in [0.5, 0.6) is 11.8 Å². The molecule has 2 aromatic carbocycles. The van der Waals surface area contributed by atoms with Gasteiger partial charge in [-0.3, -0.25) is 4.90 Å². The van der Waals surface area contributed by atoms with Gasteiger partial charge in [-0.1, -0.05) is 30.7 Å². The highest BCUT2D eigenvalue weighted by molar-refractivity contribution is 5.95. The monoisotopic (exact) mass is 597 g/mol. The Morgan fingerprint density at radius 2 is 1.89 bits per heavy atom. The third-order valence-electron chi connectivity index (χ3n) is 9.74. The summed E-state index contributed by atoms with van der Waals surface area (Å²) in [6.07, 6.45) is 7.55. The van der Waals surface area contributed by atoms with Crippen molar-refractivity contribution >= 4 is 22.3 Å². The van der Waals surface area contributed by atoms with Gasteiger partial charge in [0.25, 0.3) is 0 Å². The van der Waals surface area contributed by atoms with Crippen molar-refractivity contribution in [3.8, 4) is 17.8 Å². The van der Waals surface area contributed by atoms with Gasteiger partial charge in [0.1, 0.15) is 18.2 Å². The van der Waals surface area contributed by atoms with Crippen molar-refractivity contribution in [2.75, 3.05) is 69.6 Å². The Balaban J connectivity index is 1.20. The molecule has 1 saturated carbocycles. The van der Waals surface area contributed by atoms with Gasteiger partial charge in [0.05, 0.1) is 30.3 Å². The molecule has 3 aliphatic heterocycles. The summed E-state index contributed by atoms with van der Waals surface area (Å²) in [5.74, 6) is 1.76. The smallest absolute Gasteiger partial charge is 0.318 e. The zero-order valence-corrected chi connectivity index (χ0v) is 25.8. The van der Waals surface area contributed by atoms with Crippen molar-refractivity contribution in [2.24, 2.45) is 0 Å². The Kier molecular flexibility index (Phi) is 8.43. The fourth-order valence-corrected chi connectivity index (χ4v) is 7.18. The van der Waals surface area contributed by atoms with Crippen molar-refractivity contribution < 1.29 is 14.2 Å². The van der Waals surface area contributed by atoms with Crippen LogP contribution in [0.1, 0.15) is 49.8 Å². The van der Waals surface area contributed by atoms with Gasteiger partial charge in [0.2, 0.25) is 0 Å². The highest BCUT2D eigenvalue weighted by Gasteiger charge is 2.49. The quantitative estimate of drug-likeness (QED) is 0.341. The van der Waals surface area contributed by atoms with E-state index in [2.05, 4.69) is 62.5 Å². The molecule has 0 spiro atoms. The van der Waals surface area contributed by atoms with Crippen LogP contribution < -0.4 is 24.6 Å². The number of anilines is 2. The molecule has 1 atom stereocenters. The zero-order valence-electron chi connectivity index (χ0n) is 25.8. The summed E-state index contributed by atoms with van der Waals surface area (Å²) < 4.78 is 17.6. The normalized spacial score (nSPS) is 21.5. The van der Waals surface area contributed by atoms with Crippen molar-refractivity contribution in [2.45, 2.75) is 63.1 Å². The van der Waals surface area contributed by atoms with Crippen LogP contribution in [0.25, 0.3) is 10.8 Å². The Hall–Kier alpha value is -3.65. The first-order chi connectivity index (χ1) is 21.7. The molecule has 232 valence electrons. The van der Waals surface area contributed by atoms with Gasteiger partial charge < -0.3 is 29.3 Å². The number of nitriles is 1. The second-order valence-corrected chi connectivity index (χ2v) is 12.7. The van der Waals surface area contributed by atoms with E-state index in [1.807, 2.05) is 0 Å². The lowest BCUT2D eigenvalue weighted by molar-refractivity contribution is 0.0512. The fraction of sp³-hybridized carbons (Fsp3) is 0.559. The number of hydrogen-bond donors (Lipinski definition) is 1. The van der Waals surface area contributed by atoms with Crippen LogP contribution in [0.4, 0.5) is 11.5 Å². The number of nitrogens with one attached hydrogen (secondary N) is 1. The zero-order chi connectivity index (χ0) is 29.9. The molecule has 4 aliphatic rings. The van der Waals surface area contributed by atoms with Gasteiger partial charge in [0.15, 0.2) is 6.79 Å². The molecule has 1 aromatic heterocycles. The maximum Gasteiger partial charge on any atom is 0.318 e. The van der Waals surface area contributed by atoms with E-state index in [1.54, 1.807) is 7.11 Å². The molecular formula is C34H43N7O3. The topological polar surface area (TPSA) is 99.0 Å². The number of aromatic nitrogens is 2. The molecule has 7 rings (SSSR count). The van der Waals surface area contributed by atoms with Gasteiger partial charge in [-0.2, -0.15) is 15.2 Å². The molecule has 10 nitrogen and oxygen atoms in total. The van der Waals surface area contributed by atoms with Gasteiger partial charge in [-0.05, 0) is 56.6 Å². The van der Waals surface area contributed by atoms with E-state index < -0.39 is 0 Å². The Bertz CT molecular complexity index is 1510.